The lowest BCUT2D eigenvalue weighted by atomic mass is 9.98. The second-order valence-electron chi connectivity index (χ2n) is 3.33. The molecule has 0 spiro atoms. The van der Waals surface area contributed by atoms with Gasteiger partial charge >= 0.3 is 0 Å². The van der Waals surface area contributed by atoms with E-state index in [1.54, 1.807) is 0 Å². The van der Waals surface area contributed by atoms with Gasteiger partial charge in [-0.1, -0.05) is 33.1 Å². The molecule has 0 amide bonds. The van der Waals surface area contributed by atoms with Gasteiger partial charge < -0.3 is 5.11 Å². The van der Waals surface area contributed by atoms with E-state index < -0.39 is 0 Å². The first-order valence-electron chi connectivity index (χ1n) is 4.34. The molecule has 0 aromatic carbocycles. The van der Waals surface area contributed by atoms with Crippen LogP contribution < -0.4 is 0 Å². The summed E-state index contributed by atoms with van der Waals surface area (Å²) in [6, 6.07) is 0. The first-order chi connectivity index (χ1) is 4.66. The lowest BCUT2D eigenvalue weighted by molar-refractivity contribution is 0.161. The predicted molar refractivity (Wildman–Crippen MR) is 45.0 cm³/mol. The lowest BCUT2D eigenvalue weighted by Gasteiger charge is -2.11. The van der Waals surface area contributed by atoms with Crippen molar-refractivity contribution < 1.29 is 5.11 Å². The van der Waals surface area contributed by atoms with Crippen LogP contribution in [0, 0.1) is 5.92 Å². The minimum Gasteiger partial charge on any atom is -0.393 e. The van der Waals surface area contributed by atoms with Gasteiger partial charge in [0.2, 0.25) is 0 Å². The van der Waals surface area contributed by atoms with Gasteiger partial charge in [-0.05, 0) is 19.3 Å². The van der Waals surface area contributed by atoms with Crippen LogP contribution in [0.25, 0.3) is 0 Å². The Hall–Kier alpha value is -0.0400. The SMILES string of the molecule is CCCCC(C)CC(C)O. The van der Waals surface area contributed by atoms with Crippen LogP contribution in [0.15, 0.2) is 0 Å². The number of unbranched alkanes of at least 4 members (excludes halogenated alkanes) is 1. The molecule has 0 aliphatic carbocycles. The maximum Gasteiger partial charge on any atom is 0.0514 e. The van der Waals surface area contributed by atoms with Crippen molar-refractivity contribution in [1.29, 1.82) is 0 Å². The summed E-state index contributed by atoms with van der Waals surface area (Å²) in [6.07, 6.45) is 4.67. The Morgan fingerprint density at radius 3 is 2.30 bits per heavy atom. The van der Waals surface area contributed by atoms with E-state index in [0.29, 0.717) is 5.92 Å². The minimum atomic E-state index is -0.119. The van der Waals surface area contributed by atoms with Crippen molar-refractivity contribution in [2.75, 3.05) is 0 Å². The number of hydrogen-bond donors (Lipinski definition) is 1. The van der Waals surface area contributed by atoms with Crippen molar-refractivity contribution in [2.24, 2.45) is 5.92 Å². The maximum atomic E-state index is 9.02. The summed E-state index contributed by atoms with van der Waals surface area (Å²) in [5.41, 5.74) is 0. The molecule has 0 heterocycles. The third kappa shape index (κ3) is 6.09. The lowest BCUT2D eigenvalue weighted by Crippen LogP contribution is -2.06. The summed E-state index contributed by atoms with van der Waals surface area (Å²) in [7, 11) is 0. The van der Waals surface area contributed by atoms with Crippen LogP contribution in [0.2, 0.25) is 0 Å². The average molecular weight is 144 g/mol. The van der Waals surface area contributed by atoms with Crippen LogP contribution in [-0.2, 0) is 0 Å². The number of aliphatic hydroxyl groups is 1. The summed E-state index contributed by atoms with van der Waals surface area (Å²) in [4.78, 5) is 0. The third-order valence-corrected chi connectivity index (χ3v) is 1.79. The Morgan fingerprint density at radius 1 is 1.30 bits per heavy atom. The zero-order valence-electron chi connectivity index (χ0n) is 7.43. The quantitative estimate of drug-likeness (QED) is 0.628. The van der Waals surface area contributed by atoms with E-state index in [0.717, 1.165) is 6.42 Å². The molecule has 2 atom stereocenters. The van der Waals surface area contributed by atoms with Crippen molar-refractivity contribution >= 4 is 0 Å². The highest BCUT2D eigenvalue weighted by Gasteiger charge is 2.04. The molecule has 1 heteroatoms. The topological polar surface area (TPSA) is 20.2 Å². The summed E-state index contributed by atoms with van der Waals surface area (Å²) in [6.45, 7) is 6.28. The van der Waals surface area contributed by atoms with E-state index in [4.69, 9.17) is 5.11 Å². The first kappa shape index (κ1) is 9.96. The highest BCUT2D eigenvalue weighted by Crippen LogP contribution is 2.13. The molecule has 0 fully saturated rings. The molecule has 0 rings (SSSR count). The van der Waals surface area contributed by atoms with Gasteiger partial charge in [0.25, 0.3) is 0 Å². The molecule has 0 saturated heterocycles. The fourth-order valence-corrected chi connectivity index (χ4v) is 1.25. The van der Waals surface area contributed by atoms with Gasteiger partial charge in [0.05, 0.1) is 6.10 Å². The molecule has 0 aromatic rings. The fourth-order valence-electron chi connectivity index (χ4n) is 1.25. The van der Waals surface area contributed by atoms with Crippen molar-refractivity contribution in [3.8, 4) is 0 Å². The normalized spacial score (nSPS) is 16.8. The Bertz CT molecular complexity index is 69.1. The average Bonchev–Trinajstić information content (AvgIpc) is 1.82. The van der Waals surface area contributed by atoms with Gasteiger partial charge in [0, 0.05) is 0 Å². The van der Waals surface area contributed by atoms with E-state index in [9.17, 15) is 0 Å². The molecule has 0 saturated carbocycles. The van der Waals surface area contributed by atoms with Crippen LogP contribution in [0.1, 0.15) is 46.5 Å². The molecule has 62 valence electrons. The van der Waals surface area contributed by atoms with Crippen LogP contribution in [0.4, 0.5) is 0 Å². The Morgan fingerprint density at radius 2 is 1.90 bits per heavy atom. The predicted octanol–water partition coefficient (Wildman–Crippen LogP) is 2.58. The van der Waals surface area contributed by atoms with Crippen LogP contribution in [0.3, 0.4) is 0 Å². The van der Waals surface area contributed by atoms with Gasteiger partial charge in [-0.25, -0.2) is 0 Å². The molecule has 0 bridgehead atoms. The molecular formula is C9H20O. The first-order valence-corrected chi connectivity index (χ1v) is 4.34. The van der Waals surface area contributed by atoms with E-state index >= 15 is 0 Å². The second-order valence-corrected chi connectivity index (χ2v) is 3.33. The number of aliphatic hydroxyl groups excluding tert-OH is 1. The fraction of sp³-hybridized carbons (Fsp3) is 1.00. The summed E-state index contributed by atoms with van der Waals surface area (Å²) >= 11 is 0. The molecular weight excluding hydrogens is 124 g/mol. The van der Waals surface area contributed by atoms with Crippen molar-refractivity contribution in [2.45, 2.75) is 52.6 Å². The molecule has 0 radical (unpaired) electrons. The second kappa shape index (κ2) is 5.72. The molecule has 0 aliphatic rings. The highest BCUT2D eigenvalue weighted by molar-refractivity contribution is 4.56. The maximum absolute atomic E-state index is 9.02. The molecule has 1 nitrogen and oxygen atoms in total. The van der Waals surface area contributed by atoms with Crippen LogP contribution in [0.5, 0.6) is 0 Å². The molecule has 0 aromatic heterocycles. The largest absolute Gasteiger partial charge is 0.393 e. The van der Waals surface area contributed by atoms with Crippen LogP contribution in [-0.4, -0.2) is 11.2 Å². The van der Waals surface area contributed by atoms with Crippen molar-refractivity contribution in [3.05, 3.63) is 0 Å². The molecule has 10 heavy (non-hydrogen) atoms. The summed E-state index contributed by atoms with van der Waals surface area (Å²) in [5.74, 6) is 0.694. The standard InChI is InChI=1S/C9H20O/c1-4-5-6-8(2)7-9(3)10/h8-10H,4-7H2,1-3H3. The highest BCUT2D eigenvalue weighted by atomic mass is 16.3. The third-order valence-electron chi connectivity index (χ3n) is 1.79. The molecule has 0 aliphatic heterocycles. The smallest absolute Gasteiger partial charge is 0.0514 e. The Kier molecular flexibility index (Phi) is 5.70. The van der Waals surface area contributed by atoms with E-state index in [-0.39, 0.29) is 6.10 Å². The van der Waals surface area contributed by atoms with Gasteiger partial charge in [-0.2, -0.15) is 0 Å². The monoisotopic (exact) mass is 144 g/mol. The van der Waals surface area contributed by atoms with Crippen molar-refractivity contribution in [3.63, 3.8) is 0 Å². The van der Waals surface area contributed by atoms with Crippen molar-refractivity contribution in [1.82, 2.24) is 0 Å². The summed E-state index contributed by atoms with van der Waals surface area (Å²) < 4.78 is 0. The van der Waals surface area contributed by atoms with E-state index in [1.165, 1.54) is 19.3 Å². The van der Waals surface area contributed by atoms with E-state index in [2.05, 4.69) is 13.8 Å². The summed E-state index contributed by atoms with van der Waals surface area (Å²) in [5, 5.41) is 9.02. The van der Waals surface area contributed by atoms with Gasteiger partial charge in [-0.3, -0.25) is 0 Å². The van der Waals surface area contributed by atoms with E-state index in [1.807, 2.05) is 6.92 Å². The zero-order valence-corrected chi connectivity index (χ0v) is 7.43. The van der Waals surface area contributed by atoms with Gasteiger partial charge in [0.1, 0.15) is 0 Å². The molecule has 1 N–H and O–H groups in total. The molecule has 2 unspecified atom stereocenters. The Balaban J connectivity index is 3.16. The van der Waals surface area contributed by atoms with Gasteiger partial charge in [0.15, 0.2) is 0 Å². The zero-order chi connectivity index (χ0) is 7.98. The Labute approximate surface area is 64.5 Å². The van der Waals surface area contributed by atoms with Crippen LogP contribution >= 0.6 is 0 Å². The van der Waals surface area contributed by atoms with Gasteiger partial charge in [-0.15, -0.1) is 0 Å². The number of rotatable bonds is 5. The minimum absolute atomic E-state index is 0.119. The number of hydrogen-bond acceptors (Lipinski definition) is 1.